The van der Waals surface area contributed by atoms with Gasteiger partial charge in [0.05, 0.1) is 18.9 Å². The van der Waals surface area contributed by atoms with E-state index in [-0.39, 0.29) is 24.5 Å². The number of hydrogen-bond acceptors (Lipinski definition) is 5. The minimum Gasteiger partial charge on any atom is -0.511 e. The molecule has 0 aliphatic carbocycles. The van der Waals surface area contributed by atoms with E-state index in [4.69, 9.17) is 9.84 Å². The molecule has 0 aromatic heterocycles. The second-order valence-electron chi connectivity index (χ2n) is 4.41. The van der Waals surface area contributed by atoms with Gasteiger partial charge in [-0.15, -0.1) is 0 Å². The first-order valence-corrected chi connectivity index (χ1v) is 6.95. The predicted molar refractivity (Wildman–Crippen MR) is 81.7 cm³/mol. The fourth-order valence-electron chi connectivity index (χ4n) is 1.65. The van der Waals surface area contributed by atoms with E-state index in [1.54, 1.807) is 31.2 Å². The summed E-state index contributed by atoms with van der Waals surface area (Å²) in [5.74, 6) is -0.606. The standard InChI is InChI=1S/C16H21NO4/c1-3-5-15(19)14(16(20)21-4-2)10-17-13-8-6-12(11-18)7-9-13/h6-10,18-19H,3-5,11H2,1-2H3. The summed E-state index contributed by atoms with van der Waals surface area (Å²) in [4.78, 5) is 16.0. The number of allylic oxidation sites excluding steroid dienone is 1. The second-order valence-corrected chi connectivity index (χ2v) is 4.41. The first kappa shape index (κ1) is 16.9. The van der Waals surface area contributed by atoms with E-state index in [0.717, 1.165) is 5.56 Å². The third-order valence-electron chi connectivity index (χ3n) is 2.75. The van der Waals surface area contributed by atoms with Gasteiger partial charge in [-0.25, -0.2) is 4.79 Å². The highest BCUT2D eigenvalue weighted by Gasteiger charge is 2.14. The number of aliphatic hydroxyl groups is 2. The summed E-state index contributed by atoms with van der Waals surface area (Å²) in [6.07, 6.45) is 2.42. The lowest BCUT2D eigenvalue weighted by molar-refractivity contribution is -0.138. The van der Waals surface area contributed by atoms with Crippen molar-refractivity contribution < 1.29 is 19.7 Å². The van der Waals surface area contributed by atoms with E-state index in [1.807, 2.05) is 6.92 Å². The summed E-state index contributed by atoms with van der Waals surface area (Å²) < 4.78 is 4.92. The van der Waals surface area contributed by atoms with Gasteiger partial charge < -0.3 is 14.9 Å². The molecule has 0 radical (unpaired) electrons. The highest BCUT2D eigenvalue weighted by molar-refractivity contribution is 6.10. The van der Waals surface area contributed by atoms with Crippen molar-refractivity contribution in [1.82, 2.24) is 0 Å². The van der Waals surface area contributed by atoms with E-state index in [0.29, 0.717) is 18.5 Å². The number of aliphatic imine (C=N–C) groups is 1. The Balaban J connectivity index is 2.96. The SMILES string of the molecule is CCCC(O)=C(C=Nc1ccc(CO)cc1)C(=O)OCC. The molecule has 114 valence electrons. The van der Waals surface area contributed by atoms with Crippen LogP contribution in [0.2, 0.25) is 0 Å². The van der Waals surface area contributed by atoms with Crippen LogP contribution in [0.4, 0.5) is 5.69 Å². The molecule has 21 heavy (non-hydrogen) atoms. The molecule has 1 aromatic carbocycles. The van der Waals surface area contributed by atoms with Crippen LogP contribution in [-0.2, 0) is 16.1 Å². The Morgan fingerprint density at radius 3 is 2.48 bits per heavy atom. The molecule has 5 heteroatoms. The van der Waals surface area contributed by atoms with Gasteiger partial charge in [-0.1, -0.05) is 19.1 Å². The average Bonchev–Trinajstić information content (AvgIpc) is 2.48. The summed E-state index contributed by atoms with van der Waals surface area (Å²) in [6, 6.07) is 6.93. The van der Waals surface area contributed by atoms with Crippen molar-refractivity contribution in [2.45, 2.75) is 33.3 Å². The molecule has 0 saturated carbocycles. The summed E-state index contributed by atoms with van der Waals surface area (Å²) in [7, 11) is 0. The van der Waals surface area contributed by atoms with E-state index in [9.17, 15) is 9.90 Å². The zero-order valence-corrected chi connectivity index (χ0v) is 12.4. The molecule has 1 aromatic rings. The third kappa shape index (κ3) is 5.39. The molecular formula is C16H21NO4. The van der Waals surface area contributed by atoms with Crippen LogP contribution >= 0.6 is 0 Å². The average molecular weight is 291 g/mol. The molecule has 0 fully saturated rings. The van der Waals surface area contributed by atoms with Gasteiger partial charge in [0, 0.05) is 12.6 Å². The first-order valence-electron chi connectivity index (χ1n) is 6.95. The summed E-state index contributed by atoms with van der Waals surface area (Å²) in [5.41, 5.74) is 1.48. The highest BCUT2D eigenvalue weighted by atomic mass is 16.5. The maximum Gasteiger partial charge on any atom is 0.343 e. The molecule has 0 amide bonds. The minimum atomic E-state index is -0.584. The fourth-order valence-corrected chi connectivity index (χ4v) is 1.65. The van der Waals surface area contributed by atoms with Gasteiger partial charge in [0.15, 0.2) is 0 Å². The summed E-state index contributed by atoms with van der Waals surface area (Å²) >= 11 is 0. The quantitative estimate of drug-likeness (QED) is 0.350. The number of esters is 1. The number of nitrogens with zero attached hydrogens (tertiary/aromatic N) is 1. The van der Waals surface area contributed by atoms with Gasteiger partial charge in [-0.3, -0.25) is 4.99 Å². The van der Waals surface area contributed by atoms with Gasteiger partial charge in [-0.2, -0.15) is 0 Å². The number of carbonyl (C=O) groups excluding carboxylic acids is 1. The minimum absolute atomic E-state index is 0.0216. The van der Waals surface area contributed by atoms with E-state index in [1.165, 1.54) is 6.21 Å². The Morgan fingerprint density at radius 1 is 1.29 bits per heavy atom. The number of aliphatic hydroxyl groups excluding tert-OH is 2. The van der Waals surface area contributed by atoms with Crippen LogP contribution in [0.3, 0.4) is 0 Å². The smallest absolute Gasteiger partial charge is 0.343 e. The summed E-state index contributed by atoms with van der Waals surface area (Å²) in [6.45, 7) is 3.82. The Hall–Kier alpha value is -2.14. The Labute approximate surface area is 124 Å². The molecule has 0 unspecified atom stereocenters. The molecule has 2 N–H and O–H groups in total. The van der Waals surface area contributed by atoms with Gasteiger partial charge in [0.1, 0.15) is 11.3 Å². The van der Waals surface area contributed by atoms with E-state index >= 15 is 0 Å². The zero-order chi connectivity index (χ0) is 15.7. The molecule has 0 saturated heterocycles. The lowest BCUT2D eigenvalue weighted by Gasteiger charge is -2.05. The maximum atomic E-state index is 11.8. The topological polar surface area (TPSA) is 79.1 Å². The van der Waals surface area contributed by atoms with Crippen LogP contribution in [0.15, 0.2) is 40.6 Å². The monoisotopic (exact) mass is 291 g/mol. The lowest BCUT2D eigenvalue weighted by Crippen LogP contribution is -2.11. The molecule has 5 nitrogen and oxygen atoms in total. The van der Waals surface area contributed by atoms with E-state index < -0.39 is 5.97 Å². The second kappa shape index (κ2) is 8.92. The number of benzene rings is 1. The molecular weight excluding hydrogens is 270 g/mol. The van der Waals surface area contributed by atoms with Crippen LogP contribution < -0.4 is 0 Å². The first-order chi connectivity index (χ1) is 10.1. The van der Waals surface area contributed by atoms with Crippen molar-refractivity contribution in [3.63, 3.8) is 0 Å². The Bertz CT molecular complexity index is 518. The molecule has 0 aliphatic heterocycles. The fraction of sp³-hybridized carbons (Fsp3) is 0.375. The largest absolute Gasteiger partial charge is 0.511 e. The lowest BCUT2D eigenvalue weighted by atomic mass is 10.1. The number of hydrogen-bond donors (Lipinski definition) is 2. The van der Waals surface area contributed by atoms with Gasteiger partial charge >= 0.3 is 5.97 Å². The van der Waals surface area contributed by atoms with Crippen LogP contribution in [-0.4, -0.2) is 29.0 Å². The maximum absolute atomic E-state index is 11.8. The van der Waals surface area contributed by atoms with Gasteiger partial charge in [0.25, 0.3) is 0 Å². The normalized spacial score (nSPS) is 12.3. The predicted octanol–water partition coefficient (Wildman–Crippen LogP) is 3.06. The molecule has 0 bridgehead atoms. The van der Waals surface area contributed by atoms with Crippen molar-refractivity contribution in [3.05, 3.63) is 41.2 Å². The number of ether oxygens (including phenoxy) is 1. The molecule has 0 spiro atoms. The Kier molecular flexibility index (Phi) is 7.18. The molecule has 1 rings (SSSR count). The van der Waals surface area contributed by atoms with Crippen molar-refractivity contribution in [3.8, 4) is 0 Å². The van der Waals surface area contributed by atoms with Crippen LogP contribution in [0.5, 0.6) is 0 Å². The molecule has 0 atom stereocenters. The van der Waals surface area contributed by atoms with Crippen molar-refractivity contribution in [1.29, 1.82) is 0 Å². The van der Waals surface area contributed by atoms with Crippen molar-refractivity contribution in [2.75, 3.05) is 6.61 Å². The van der Waals surface area contributed by atoms with Crippen LogP contribution in [0.1, 0.15) is 32.3 Å². The molecule has 0 aliphatic rings. The third-order valence-corrected chi connectivity index (χ3v) is 2.75. The number of carbonyl (C=O) groups is 1. The highest BCUT2D eigenvalue weighted by Crippen LogP contribution is 2.15. The van der Waals surface area contributed by atoms with Crippen molar-refractivity contribution in [2.24, 2.45) is 4.99 Å². The van der Waals surface area contributed by atoms with Crippen LogP contribution in [0, 0.1) is 0 Å². The van der Waals surface area contributed by atoms with Crippen molar-refractivity contribution >= 4 is 17.9 Å². The Morgan fingerprint density at radius 2 is 1.95 bits per heavy atom. The van der Waals surface area contributed by atoms with Gasteiger partial charge in [0.2, 0.25) is 0 Å². The number of rotatable bonds is 7. The van der Waals surface area contributed by atoms with E-state index in [2.05, 4.69) is 4.99 Å². The summed E-state index contributed by atoms with van der Waals surface area (Å²) in [5, 5.41) is 18.9. The van der Waals surface area contributed by atoms with Crippen LogP contribution in [0.25, 0.3) is 0 Å². The molecule has 0 heterocycles. The van der Waals surface area contributed by atoms with Gasteiger partial charge in [-0.05, 0) is 31.0 Å². The zero-order valence-electron chi connectivity index (χ0n) is 12.4.